The average Bonchev–Trinajstić information content (AvgIpc) is 2.17. The molecule has 0 saturated carbocycles. The minimum Gasteiger partial charge on any atom is -0.593 e. The fraction of sp³-hybridized carbons (Fsp3) is 0.333. The molecule has 2 N–H and O–H groups in total. The summed E-state index contributed by atoms with van der Waals surface area (Å²) in [5.41, 5.74) is 1.18. The lowest BCUT2D eigenvalue weighted by molar-refractivity contribution is -0.730. The normalized spacial score (nSPS) is 10.0. The number of hydrogen-bond donors (Lipinski definition) is 2. The quantitative estimate of drug-likeness (QED) is 0.258. The highest BCUT2D eigenvalue weighted by molar-refractivity contribution is 5.79. The van der Waals surface area contributed by atoms with Crippen LogP contribution in [0.3, 0.4) is 0 Å². The third-order valence-electron chi connectivity index (χ3n) is 1.68. The summed E-state index contributed by atoms with van der Waals surface area (Å²) in [4.78, 5) is 0.825. The summed E-state index contributed by atoms with van der Waals surface area (Å²) < 4.78 is 0. The smallest absolute Gasteiger partial charge is 0.230 e. The van der Waals surface area contributed by atoms with E-state index in [1.54, 1.807) is 13.8 Å². The molecule has 5 heteroatoms. The van der Waals surface area contributed by atoms with Crippen LogP contribution in [0.5, 0.6) is 0 Å². The van der Waals surface area contributed by atoms with E-state index in [-0.39, 0.29) is 0 Å². The molecule has 1 heterocycles. The second-order valence-electron chi connectivity index (χ2n) is 2.29. The molecule has 1 rings (SSSR count). The zero-order valence-electron chi connectivity index (χ0n) is 6.33. The van der Waals surface area contributed by atoms with E-state index < -0.39 is 0 Å². The van der Waals surface area contributed by atoms with Gasteiger partial charge in [0.25, 0.3) is 0 Å². The molecule has 5 nitrogen and oxygen atoms in total. The molecule has 0 saturated heterocycles. The number of nitrogens with one attached hydrogen (secondary N) is 1. The van der Waals surface area contributed by atoms with E-state index in [0.29, 0.717) is 26.6 Å². The molecule has 11 heavy (non-hydrogen) atoms. The van der Waals surface area contributed by atoms with Crippen molar-refractivity contribution in [3.8, 4) is 0 Å². The van der Waals surface area contributed by atoms with Crippen LogP contribution in [0.25, 0.3) is 0 Å². The number of aromatic nitrogens is 2. The van der Waals surface area contributed by atoms with Crippen molar-refractivity contribution in [3.05, 3.63) is 22.2 Å². The third kappa shape index (κ3) is 0.849. The Balaban J connectivity index is 3.47. The Kier molecular flexibility index (Phi) is 1.56. The molecule has 1 aromatic rings. The van der Waals surface area contributed by atoms with Crippen LogP contribution in [0.2, 0.25) is 0 Å². The van der Waals surface area contributed by atoms with Gasteiger partial charge in [0.15, 0.2) is 0 Å². The number of hydrogen-bond acceptors (Lipinski definition) is 3. The largest absolute Gasteiger partial charge is 0.593 e. The molecule has 0 unspecified atom stereocenters. The third-order valence-corrected chi connectivity index (χ3v) is 1.68. The van der Waals surface area contributed by atoms with Gasteiger partial charge in [-0.15, -0.1) is 0 Å². The van der Waals surface area contributed by atoms with Crippen molar-refractivity contribution < 1.29 is 10.1 Å². The van der Waals surface area contributed by atoms with Gasteiger partial charge in [-0.3, -0.25) is 0 Å². The van der Waals surface area contributed by atoms with Gasteiger partial charge in [0.1, 0.15) is 5.69 Å². The SMILES string of the molecule is Cc1c(C=N)c(C)[n+]([O-])n1O. The molecule has 0 fully saturated rings. The Bertz CT molecular complexity index is 278. The van der Waals surface area contributed by atoms with Crippen molar-refractivity contribution >= 4 is 6.21 Å². The van der Waals surface area contributed by atoms with Crippen molar-refractivity contribution in [1.29, 1.82) is 5.41 Å². The van der Waals surface area contributed by atoms with Gasteiger partial charge in [0, 0.05) is 18.0 Å². The zero-order valence-corrected chi connectivity index (χ0v) is 6.33. The maximum Gasteiger partial charge on any atom is 0.230 e. The lowest BCUT2D eigenvalue weighted by Gasteiger charge is -1.94. The van der Waals surface area contributed by atoms with Gasteiger partial charge in [-0.25, -0.2) is 0 Å². The average molecular weight is 155 g/mol. The second kappa shape index (κ2) is 2.26. The van der Waals surface area contributed by atoms with Crippen LogP contribution in [0.4, 0.5) is 0 Å². The standard InChI is InChI=1S/C6H9N3O2/c1-4-6(3-7)5(2)9(11)8(4)10/h3,7,10H,1-2H3. The Labute approximate surface area is 63.5 Å². The van der Waals surface area contributed by atoms with Crippen molar-refractivity contribution in [2.24, 2.45) is 0 Å². The van der Waals surface area contributed by atoms with E-state index in [4.69, 9.17) is 10.6 Å². The summed E-state index contributed by atoms with van der Waals surface area (Å²) in [6.45, 7) is 3.12. The molecule has 0 aliphatic carbocycles. The highest BCUT2D eigenvalue weighted by atomic mass is 16.6. The lowest BCUT2D eigenvalue weighted by atomic mass is 10.2. The van der Waals surface area contributed by atoms with Gasteiger partial charge in [-0.1, -0.05) is 0 Å². The Morgan fingerprint density at radius 2 is 2.18 bits per heavy atom. The summed E-state index contributed by atoms with van der Waals surface area (Å²) in [6, 6.07) is 0. The van der Waals surface area contributed by atoms with Crippen LogP contribution in [0.15, 0.2) is 0 Å². The van der Waals surface area contributed by atoms with E-state index in [9.17, 15) is 5.21 Å². The summed E-state index contributed by atoms with van der Waals surface area (Å²) in [7, 11) is 0. The van der Waals surface area contributed by atoms with E-state index in [2.05, 4.69) is 0 Å². The number of nitrogens with zero attached hydrogens (tertiary/aromatic N) is 2. The van der Waals surface area contributed by atoms with Gasteiger partial charge in [-0.2, -0.15) is 0 Å². The summed E-state index contributed by atoms with van der Waals surface area (Å²) in [5.74, 6) is 0. The van der Waals surface area contributed by atoms with Crippen molar-refractivity contribution in [3.63, 3.8) is 0 Å². The van der Waals surface area contributed by atoms with Gasteiger partial charge in [0.05, 0.1) is 5.56 Å². The summed E-state index contributed by atoms with van der Waals surface area (Å²) in [6.07, 6.45) is 1.05. The van der Waals surface area contributed by atoms with E-state index >= 15 is 0 Å². The van der Waals surface area contributed by atoms with Crippen molar-refractivity contribution in [2.75, 3.05) is 0 Å². The molecule has 0 radical (unpaired) electrons. The fourth-order valence-corrected chi connectivity index (χ4v) is 0.960. The molecule has 1 aromatic heterocycles. The van der Waals surface area contributed by atoms with Crippen LogP contribution in [-0.4, -0.2) is 16.3 Å². The first-order valence-corrected chi connectivity index (χ1v) is 3.11. The predicted molar refractivity (Wildman–Crippen MR) is 37.9 cm³/mol. The van der Waals surface area contributed by atoms with E-state index in [1.165, 1.54) is 0 Å². The molecule has 0 aromatic carbocycles. The van der Waals surface area contributed by atoms with E-state index in [1.807, 2.05) is 0 Å². The minimum absolute atomic E-state index is 0.333. The maximum absolute atomic E-state index is 10.9. The molecule has 0 aliphatic heterocycles. The first kappa shape index (κ1) is 7.59. The summed E-state index contributed by atoms with van der Waals surface area (Å²) >= 11 is 0. The van der Waals surface area contributed by atoms with E-state index in [0.717, 1.165) is 6.21 Å². The molecule has 60 valence electrons. The monoisotopic (exact) mass is 155 g/mol. The predicted octanol–water partition coefficient (Wildman–Crippen LogP) is -0.0267. The Morgan fingerprint density at radius 1 is 1.64 bits per heavy atom. The first-order valence-electron chi connectivity index (χ1n) is 3.11. The van der Waals surface area contributed by atoms with Crippen LogP contribution in [0, 0.1) is 24.5 Å². The van der Waals surface area contributed by atoms with Crippen LogP contribution in [0.1, 0.15) is 17.0 Å². The van der Waals surface area contributed by atoms with Crippen molar-refractivity contribution in [2.45, 2.75) is 13.8 Å². The van der Waals surface area contributed by atoms with Gasteiger partial charge < -0.3 is 15.8 Å². The van der Waals surface area contributed by atoms with Crippen molar-refractivity contribution in [1.82, 2.24) is 4.85 Å². The first-order chi connectivity index (χ1) is 5.09. The topological polar surface area (TPSA) is 76.0 Å². The molecular weight excluding hydrogens is 146 g/mol. The molecular formula is C6H9N3O2. The zero-order chi connectivity index (χ0) is 8.59. The minimum atomic E-state index is 0.333. The Hall–Kier alpha value is -1.52. The van der Waals surface area contributed by atoms with Gasteiger partial charge >= 0.3 is 0 Å². The molecule has 0 atom stereocenters. The second-order valence-corrected chi connectivity index (χ2v) is 2.29. The Morgan fingerprint density at radius 3 is 2.36 bits per heavy atom. The van der Waals surface area contributed by atoms with Gasteiger partial charge in [0.2, 0.25) is 5.69 Å². The highest BCUT2D eigenvalue weighted by Gasteiger charge is 2.18. The summed E-state index contributed by atoms with van der Waals surface area (Å²) in [5, 5.41) is 26.8. The van der Waals surface area contributed by atoms with Gasteiger partial charge in [-0.05, 0) is 11.8 Å². The molecule has 0 aliphatic rings. The molecule has 0 spiro atoms. The lowest BCUT2D eigenvalue weighted by Crippen LogP contribution is -2.38. The maximum atomic E-state index is 10.9. The fourth-order valence-electron chi connectivity index (χ4n) is 0.960. The molecule has 0 amide bonds. The van der Waals surface area contributed by atoms with Crippen LogP contribution >= 0.6 is 0 Å². The van der Waals surface area contributed by atoms with Crippen LogP contribution < -0.4 is 4.85 Å². The number of rotatable bonds is 1. The molecule has 0 bridgehead atoms. The highest BCUT2D eigenvalue weighted by Crippen LogP contribution is 2.05. The van der Waals surface area contributed by atoms with Crippen LogP contribution in [-0.2, 0) is 0 Å².